The van der Waals surface area contributed by atoms with Gasteiger partial charge in [0.25, 0.3) is 0 Å². The highest BCUT2D eigenvalue weighted by atomic mass is 16.1. The summed E-state index contributed by atoms with van der Waals surface area (Å²) in [4.78, 5) is 12.5. The predicted octanol–water partition coefficient (Wildman–Crippen LogP) is 2.20. The zero-order valence-electron chi connectivity index (χ0n) is 10.7. The molecule has 98 valence electrons. The minimum Gasteiger partial charge on any atom is -0.307 e. The van der Waals surface area contributed by atoms with Crippen LogP contribution in [-0.2, 0) is 0 Å². The zero-order valence-corrected chi connectivity index (χ0v) is 10.7. The maximum absolute atomic E-state index is 12.5. The largest absolute Gasteiger partial charge is 0.307 e. The molecule has 2 heterocycles. The smallest absolute Gasteiger partial charge is 0.198 e. The summed E-state index contributed by atoms with van der Waals surface area (Å²) in [7, 11) is 0. The molecule has 1 N–H and O–H groups in total. The number of aromatic nitrogens is 2. The van der Waals surface area contributed by atoms with E-state index in [4.69, 9.17) is 0 Å². The molecule has 4 heteroatoms. The first kappa shape index (κ1) is 12.1. The molecule has 0 bridgehead atoms. The average molecular weight is 255 g/mol. The Bertz CT molecular complexity index is 556. The normalized spacial score (nSPS) is 19.3. The Balaban J connectivity index is 1.89. The van der Waals surface area contributed by atoms with Crippen molar-refractivity contribution in [2.45, 2.75) is 25.3 Å². The lowest BCUT2D eigenvalue weighted by molar-refractivity contribution is 0.0919. The van der Waals surface area contributed by atoms with Crippen LogP contribution in [0.5, 0.6) is 0 Å². The lowest BCUT2D eigenvalue weighted by Crippen LogP contribution is -2.41. The first-order chi connectivity index (χ1) is 9.36. The van der Waals surface area contributed by atoms with Crippen LogP contribution in [0, 0.1) is 0 Å². The highest BCUT2D eigenvalue weighted by Crippen LogP contribution is 2.16. The van der Waals surface area contributed by atoms with Gasteiger partial charge in [-0.1, -0.05) is 24.6 Å². The van der Waals surface area contributed by atoms with E-state index in [0.29, 0.717) is 5.69 Å². The monoisotopic (exact) mass is 255 g/mol. The summed E-state index contributed by atoms with van der Waals surface area (Å²) in [6.45, 7) is 0.926. The second kappa shape index (κ2) is 5.36. The number of hydrogen-bond donors (Lipinski definition) is 1. The Hall–Kier alpha value is -1.94. The van der Waals surface area contributed by atoms with Crippen LogP contribution in [-0.4, -0.2) is 28.2 Å². The Labute approximate surface area is 112 Å². The van der Waals surface area contributed by atoms with E-state index in [1.807, 2.05) is 30.3 Å². The Morgan fingerprint density at radius 2 is 2.05 bits per heavy atom. The number of nitrogens with one attached hydrogen (secondary N) is 1. The maximum atomic E-state index is 12.5. The number of para-hydroxylation sites is 1. The molecule has 1 aliphatic rings. The van der Waals surface area contributed by atoms with Crippen LogP contribution in [0.4, 0.5) is 0 Å². The van der Waals surface area contributed by atoms with Gasteiger partial charge in [0.1, 0.15) is 5.69 Å². The minimum atomic E-state index is -0.0621. The van der Waals surface area contributed by atoms with E-state index in [1.165, 1.54) is 0 Å². The lowest BCUT2D eigenvalue weighted by Gasteiger charge is -2.22. The number of rotatable bonds is 3. The fourth-order valence-corrected chi connectivity index (χ4v) is 2.52. The highest BCUT2D eigenvalue weighted by molar-refractivity contribution is 5.99. The number of carbonyl (C=O) groups is 1. The molecule has 0 aliphatic carbocycles. The van der Waals surface area contributed by atoms with Gasteiger partial charge in [-0.05, 0) is 37.6 Å². The summed E-state index contributed by atoms with van der Waals surface area (Å²) >= 11 is 0. The number of Topliss-reactive ketones (excluding diaryl/α,β-unsaturated/α-hetero) is 1. The van der Waals surface area contributed by atoms with Gasteiger partial charge < -0.3 is 5.32 Å². The molecule has 4 nitrogen and oxygen atoms in total. The molecule has 19 heavy (non-hydrogen) atoms. The van der Waals surface area contributed by atoms with Gasteiger partial charge in [-0.2, -0.15) is 5.10 Å². The van der Waals surface area contributed by atoms with Crippen molar-refractivity contribution in [3.8, 4) is 5.69 Å². The van der Waals surface area contributed by atoms with Gasteiger partial charge in [-0.3, -0.25) is 4.79 Å². The second-order valence-corrected chi connectivity index (χ2v) is 4.83. The van der Waals surface area contributed by atoms with E-state index in [0.717, 1.165) is 31.5 Å². The molecular weight excluding hydrogens is 238 g/mol. The van der Waals surface area contributed by atoms with Crippen molar-refractivity contribution in [3.63, 3.8) is 0 Å². The molecule has 0 radical (unpaired) electrons. The molecule has 2 aromatic rings. The van der Waals surface area contributed by atoms with Crippen LogP contribution < -0.4 is 5.32 Å². The first-order valence-corrected chi connectivity index (χ1v) is 6.73. The third-order valence-corrected chi connectivity index (χ3v) is 3.52. The molecule has 0 saturated carbocycles. The Kier molecular flexibility index (Phi) is 3.42. The Morgan fingerprint density at radius 3 is 2.79 bits per heavy atom. The van der Waals surface area contributed by atoms with Gasteiger partial charge in [0, 0.05) is 0 Å². The fraction of sp³-hybridized carbons (Fsp3) is 0.333. The van der Waals surface area contributed by atoms with Gasteiger partial charge in [-0.15, -0.1) is 0 Å². The summed E-state index contributed by atoms with van der Waals surface area (Å²) < 4.78 is 1.72. The Morgan fingerprint density at radius 1 is 1.21 bits per heavy atom. The van der Waals surface area contributed by atoms with Crippen molar-refractivity contribution in [2.24, 2.45) is 0 Å². The van der Waals surface area contributed by atoms with Crippen LogP contribution in [0.1, 0.15) is 29.8 Å². The minimum absolute atomic E-state index is 0.0621. The maximum Gasteiger partial charge on any atom is 0.198 e. The standard InChI is InChI=1S/C15H17N3O/c19-15(13-8-4-5-10-16-13)14-9-11-17-18(14)12-6-2-1-3-7-12/h1-3,6-7,9,11,13,16H,4-5,8,10H2. The van der Waals surface area contributed by atoms with Gasteiger partial charge in [0.2, 0.25) is 0 Å². The topological polar surface area (TPSA) is 46.9 Å². The van der Waals surface area contributed by atoms with E-state index in [1.54, 1.807) is 16.9 Å². The number of carbonyl (C=O) groups excluding carboxylic acids is 1. The third-order valence-electron chi connectivity index (χ3n) is 3.52. The number of hydrogen-bond acceptors (Lipinski definition) is 3. The lowest BCUT2D eigenvalue weighted by atomic mass is 9.99. The van der Waals surface area contributed by atoms with Crippen molar-refractivity contribution < 1.29 is 4.79 Å². The predicted molar refractivity (Wildman–Crippen MR) is 73.5 cm³/mol. The van der Waals surface area contributed by atoms with Gasteiger partial charge >= 0.3 is 0 Å². The summed E-state index contributed by atoms with van der Waals surface area (Å²) in [5, 5.41) is 7.57. The van der Waals surface area contributed by atoms with E-state index in [2.05, 4.69) is 10.4 Å². The van der Waals surface area contributed by atoms with Crippen LogP contribution in [0.2, 0.25) is 0 Å². The third kappa shape index (κ3) is 2.44. The van der Waals surface area contributed by atoms with Gasteiger partial charge in [0.15, 0.2) is 5.78 Å². The molecule has 0 amide bonds. The molecule has 1 aromatic carbocycles. The second-order valence-electron chi connectivity index (χ2n) is 4.83. The van der Waals surface area contributed by atoms with E-state index in [9.17, 15) is 4.79 Å². The molecule has 1 unspecified atom stereocenters. The van der Waals surface area contributed by atoms with Crippen molar-refractivity contribution in [1.29, 1.82) is 0 Å². The zero-order chi connectivity index (χ0) is 13.1. The molecule has 1 saturated heterocycles. The molecule has 0 spiro atoms. The van der Waals surface area contributed by atoms with Crippen molar-refractivity contribution in [2.75, 3.05) is 6.54 Å². The van der Waals surface area contributed by atoms with Crippen molar-refractivity contribution in [1.82, 2.24) is 15.1 Å². The SMILES string of the molecule is O=C(c1ccnn1-c1ccccc1)C1CCCCN1. The molecule has 1 fully saturated rings. The van der Waals surface area contributed by atoms with Crippen molar-refractivity contribution >= 4 is 5.78 Å². The molecule has 1 aromatic heterocycles. The number of ketones is 1. The van der Waals surface area contributed by atoms with Gasteiger partial charge in [-0.25, -0.2) is 4.68 Å². The number of benzene rings is 1. The van der Waals surface area contributed by atoms with Gasteiger partial charge in [0.05, 0.1) is 17.9 Å². The summed E-state index contributed by atoms with van der Waals surface area (Å²) in [5.41, 5.74) is 1.58. The molecule has 3 rings (SSSR count). The fourth-order valence-electron chi connectivity index (χ4n) is 2.52. The van der Waals surface area contributed by atoms with E-state index in [-0.39, 0.29) is 11.8 Å². The molecule has 1 aliphatic heterocycles. The summed E-state index contributed by atoms with van der Waals surface area (Å²) in [6.07, 6.45) is 4.87. The average Bonchev–Trinajstić information content (AvgIpc) is 2.98. The molecule has 1 atom stereocenters. The van der Waals surface area contributed by atoms with Crippen molar-refractivity contribution in [3.05, 3.63) is 48.3 Å². The van der Waals surface area contributed by atoms with E-state index < -0.39 is 0 Å². The first-order valence-electron chi connectivity index (χ1n) is 6.73. The summed E-state index contributed by atoms with van der Waals surface area (Å²) in [6, 6.07) is 11.5. The summed E-state index contributed by atoms with van der Waals surface area (Å²) in [5.74, 6) is 0.140. The molecular formula is C15H17N3O. The van der Waals surface area contributed by atoms with Crippen LogP contribution in [0.25, 0.3) is 5.69 Å². The van der Waals surface area contributed by atoms with E-state index >= 15 is 0 Å². The van der Waals surface area contributed by atoms with Crippen LogP contribution in [0.15, 0.2) is 42.6 Å². The quantitative estimate of drug-likeness (QED) is 0.855. The highest BCUT2D eigenvalue weighted by Gasteiger charge is 2.24. The van der Waals surface area contributed by atoms with Crippen LogP contribution in [0.3, 0.4) is 0 Å². The number of nitrogens with zero attached hydrogens (tertiary/aromatic N) is 2. The van der Waals surface area contributed by atoms with Crippen LogP contribution >= 0.6 is 0 Å². The number of piperidine rings is 1.